The summed E-state index contributed by atoms with van der Waals surface area (Å²) in [7, 11) is 1.64. The van der Waals surface area contributed by atoms with E-state index in [2.05, 4.69) is 5.32 Å². The molecule has 1 amide bonds. The minimum absolute atomic E-state index is 0.236. The largest absolute Gasteiger partial charge is 0.497 e. The van der Waals surface area contributed by atoms with Crippen molar-refractivity contribution in [1.82, 2.24) is 0 Å². The van der Waals surface area contributed by atoms with Crippen LogP contribution in [0.3, 0.4) is 0 Å². The molecule has 5 nitrogen and oxygen atoms in total. The number of nitrogens with one attached hydrogen (secondary N) is 1. The maximum Gasteiger partial charge on any atom is 0.248 e. The van der Waals surface area contributed by atoms with E-state index in [4.69, 9.17) is 25.5 Å². The molecule has 0 atom stereocenters. The lowest BCUT2D eigenvalue weighted by molar-refractivity contribution is -0.111. The number of benzene rings is 3. The van der Waals surface area contributed by atoms with Crippen LogP contribution in [-0.2, 0) is 4.79 Å². The summed E-state index contributed by atoms with van der Waals surface area (Å²) < 4.78 is 17.0. The molecule has 0 aliphatic rings. The summed E-state index contributed by atoms with van der Waals surface area (Å²) in [5, 5.41) is 4.40. The molecule has 33 heavy (non-hydrogen) atoms. The fourth-order valence-electron chi connectivity index (χ4n) is 3.62. The zero-order chi connectivity index (χ0) is 23.4. The van der Waals surface area contributed by atoms with E-state index < -0.39 is 0 Å². The summed E-state index contributed by atoms with van der Waals surface area (Å²) in [6, 6.07) is 18.7. The van der Waals surface area contributed by atoms with Gasteiger partial charge in [0, 0.05) is 39.4 Å². The number of fused-ring (bicyclic) bond motifs is 1. The first kappa shape index (κ1) is 22.5. The Morgan fingerprint density at radius 1 is 1.09 bits per heavy atom. The zero-order valence-corrected chi connectivity index (χ0v) is 19.4. The molecular formula is C27H24ClNO4. The average Bonchev–Trinajstić information content (AvgIpc) is 3.23. The number of allylic oxidation sites excluding steroid dienone is 1. The van der Waals surface area contributed by atoms with Gasteiger partial charge in [-0.15, -0.1) is 0 Å². The molecule has 0 aliphatic heterocycles. The summed E-state index contributed by atoms with van der Waals surface area (Å²) in [5.74, 6) is 1.21. The number of methoxy groups -OCH3 is 1. The van der Waals surface area contributed by atoms with Crippen molar-refractivity contribution in [1.29, 1.82) is 0 Å². The molecule has 1 N–H and O–H groups in total. The Labute approximate surface area is 197 Å². The Bertz CT molecular complexity index is 1300. The molecule has 0 saturated carbocycles. The first-order chi connectivity index (χ1) is 16.0. The average molecular weight is 462 g/mol. The number of halogens is 1. The summed E-state index contributed by atoms with van der Waals surface area (Å²) in [6.07, 6.45) is 3.30. The summed E-state index contributed by atoms with van der Waals surface area (Å²) in [5.41, 5.74) is 4.94. The van der Waals surface area contributed by atoms with Crippen LogP contribution in [-0.4, -0.2) is 19.6 Å². The minimum Gasteiger partial charge on any atom is -0.497 e. The number of rotatable bonds is 7. The van der Waals surface area contributed by atoms with E-state index >= 15 is 0 Å². The van der Waals surface area contributed by atoms with Crippen LogP contribution in [0, 0.1) is 0 Å². The van der Waals surface area contributed by atoms with Crippen LogP contribution in [0.1, 0.15) is 19.4 Å². The lowest BCUT2D eigenvalue weighted by atomic mass is 9.99. The second-order valence-electron chi connectivity index (χ2n) is 7.48. The summed E-state index contributed by atoms with van der Waals surface area (Å²) >= 11 is 5.92. The molecule has 0 saturated heterocycles. The minimum atomic E-state index is -0.236. The highest BCUT2D eigenvalue weighted by Crippen LogP contribution is 2.38. The third-order valence-corrected chi connectivity index (χ3v) is 5.51. The van der Waals surface area contributed by atoms with Gasteiger partial charge >= 0.3 is 0 Å². The van der Waals surface area contributed by atoms with Crippen molar-refractivity contribution in [2.45, 2.75) is 13.8 Å². The topological polar surface area (TPSA) is 60.7 Å². The fourth-order valence-corrected chi connectivity index (χ4v) is 3.74. The maximum absolute atomic E-state index is 12.6. The van der Waals surface area contributed by atoms with Gasteiger partial charge in [0.2, 0.25) is 5.91 Å². The van der Waals surface area contributed by atoms with Crippen LogP contribution in [0.25, 0.3) is 27.7 Å². The Morgan fingerprint density at radius 3 is 2.48 bits per heavy atom. The Hall–Kier alpha value is -3.70. The van der Waals surface area contributed by atoms with Crippen molar-refractivity contribution in [3.63, 3.8) is 0 Å². The maximum atomic E-state index is 12.6. The number of carbonyl (C=O) groups is 1. The molecule has 0 spiro atoms. The van der Waals surface area contributed by atoms with Gasteiger partial charge < -0.3 is 19.2 Å². The molecule has 168 valence electrons. The van der Waals surface area contributed by atoms with E-state index in [0.29, 0.717) is 28.6 Å². The molecule has 0 aliphatic carbocycles. The molecule has 3 aromatic carbocycles. The second kappa shape index (κ2) is 9.84. The Balaban J connectivity index is 1.70. The highest BCUT2D eigenvalue weighted by Gasteiger charge is 2.15. The fraction of sp³-hybridized carbons (Fsp3) is 0.148. The predicted molar refractivity (Wildman–Crippen MR) is 133 cm³/mol. The first-order valence-electron chi connectivity index (χ1n) is 10.6. The number of ether oxygens (including phenoxy) is 2. The van der Waals surface area contributed by atoms with Crippen LogP contribution in [0.4, 0.5) is 5.69 Å². The van der Waals surface area contributed by atoms with E-state index in [1.807, 2.05) is 50.2 Å². The first-order valence-corrected chi connectivity index (χ1v) is 10.9. The van der Waals surface area contributed by atoms with Gasteiger partial charge in [0.05, 0.1) is 20.0 Å². The van der Waals surface area contributed by atoms with Gasteiger partial charge in [0.1, 0.15) is 17.1 Å². The van der Waals surface area contributed by atoms with Crippen molar-refractivity contribution in [3.8, 4) is 22.6 Å². The number of amides is 1. The van der Waals surface area contributed by atoms with Gasteiger partial charge in [-0.25, -0.2) is 0 Å². The molecule has 0 bridgehead atoms. The Kier molecular flexibility index (Phi) is 6.71. The van der Waals surface area contributed by atoms with Crippen molar-refractivity contribution < 1.29 is 18.7 Å². The molecule has 0 radical (unpaired) electrons. The molecular weight excluding hydrogens is 438 g/mol. The van der Waals surface area contributed by atoms with Crippen LogP contribution in [0.2, 0.25) is 5.02 Å². The molecule has 4 rings (SSSR count). The molecule has 1 aromatic heterocycles. The van der Waals surface area contributed by atoms with Crippen LogP contribution >= 0.6 is 11.6 Å². The molecule has 4 aromatic rings. The van der Waals surface area contributed by atoms with E-state index in [-0.39, 0.29) is 5.91 Å². The van der Waals surface area contributed by atoms with Crippen molar-refractivity contribution in [3.05, 3.63) is 83.6 Å². The quantitative estimate of drug-likeness (QED) is 0.295. The van der Waals surface area contributed by atoms with Crippen LogP contribution in [0.5, 0.6) is 11.5 Å². The van der Waals surface area contributed by atoms with Gasteiger partial charge in [0.25, 0.3) is 0 Å². The number of hydrogen-bond acceptors (Lipinski definition) is 4. The van der Waals surface area contributed by atoms with Gasteiger partial charge in [0.15, 0.2) is 0 Å². The van der Waals surface area contributed by atoms with Crippen LogP contribution < -0.4 is 14.8 Å². The van der Waals surface area contributed by atoms with Gasteiger partial charge in [-0.2, -0.15) is 0 Å². The van der Waals surface area contributed by atoms with Gasteiger partial charge in [-0.3, -0.25) is 4.79 Å². The van der Waals surface area contributed by atoms with Crippen molar-refractivity contribution in [2.24, 2.45) is 0 Å². The highest BCUT2D eigenvalue weighted by molar-refractivity contribution is 6.30. The standard InChI is InChI=1S/C27H24ClNO4/c1-4-32-25-15-26-23(24(16-33-26)18-5-11-21(31-3)12-6-18)14-22(25)17(2)13-27(30)29-20-9-7-19(28)8-10-20/h5-16H,4H2,1-3H3,(H,29,30)/b17-13+. The van der Waals surface area contributed by atoms with E-state index in [1.54, 1.807) is 43.7 Å². The monoisotopic (exact) mass is 461 g/mol. The summed E-state index contributed by atoms with van der Waals surface area (Å²) in [4.78, 5) is 12.6. The molecule has 1 heterocycles. The number of anilines is 1. The number of furan rings is 1. The summed E-state index contributed by atoms with van der Waals surface area (Å²) in [6.45, 7) is 4.30. The van der Waals surface area contributed by atoms with Gasteiger partial charge in [-0.05, 0) is 67.4 Å². The van der Waals surface area contributed by atoms with E-state index in [1.165, 1.54) is 0 Å². The Morgan fingerprint density at radius 2 is 1.82 bits per heavy atom. The second-order valence-corrected chi connectivity index (χ2v) is 7.92. The number of hydrogen-bond donors (Lipinski definition) is 1. The SMILES string of the molecule is CCOc1cc2occ(-c3ccc(OC)cc3)c2cc1/C(C)=C/C(=O)Nc1ccc(Cl)cc1. The number of carbonyl (C=O) groups excluding carboxylic acids is 1. The third-order valence-electron chi connectivity index (χ3n) is 5.26. The predicted octanol–water partition coefficient (Wildman–Crippen LogP) is 7.20. The smallest absolute Gasteiger partial charge is 0.248 e. The highest BCUT2D eigenvalue weighted by atomic mass is 35.5. The third kappa shape index (κ3) is 5.04. The van der Waals surface area contributed by atoms with Crippen LogP contribution in [0.15, 0.2) is 77.4 Å². The van der Waals surface area contributed by atoms with Crippen molar-refractivity contribution >= 4 is 39.7 Å². The van der Waals surface area contributed by atoms with E-state index in [9.17, 15) is 4.79 Å². The van der Waals surface area contributed by atoms with Gasteiger partial charge in [-0.1, -0.05) is 23.7 Å². The normalized spacial score (nSPS) is 11.5. The molecule has 6 heteroatoms. The van der Waals surface area contributed by atoms with Crippen molar-refractivity contribution in [2.75, 3.05) is 19.0 Å². The molecule has 0 fully saturated rings. The van der Waals surface area contributed by atoms with E-state index in [0.717, 1.165) is 33.4 Å². The zero-order valence-electron chi connectivity index (χ0n) is 18.6. The lowest BCUT2D eigenvalue weighted by Gasteiger charge is -2.12. The molecule has 0 unspecified atom stereocenters. The lowest BCUT2D eigenvalue weighted by Crippen LogP contribution is -2.08.